The summed E-state index contributed by atoms with van der Waals surface area (Å²) in [6.07, 6.45) is 1.94. The summed E-state index contributed by atoms with van der Waals surface area (Å²) in [6.45, 7) is 2.69. The third-order valence-corrected chi connectivity index (χ3v) is 6.11. The Morgan fingerprint density at radius 2 is 1.94 bits per heavy atom. The van der Waals surface area contributed by atoms with Crippen molar-refractivity contribution in [2.45, 2.75) is 38.5 Å². The Bertz CT molecular complexity index is 1090. The van der Waals surface area contributed by atoms with Crippen LogP contribution in [-0.4, -0.2) is 66.5 Å². The number of carbonyl (C=O) groups excluding carboxylic acids is 3. The van der Waals surface area contributed by atoms with Gasteiger partial charge in [0.15, 0.2) is 6.23 Å². The second-order valence-corrected chi connectivity index (χ2v) is 8.46. The molecule has 1 atom stereocenters. The van der Waals surface area contributed by atoms with E-state index < -0.39 is 24.7 Å². The molecule has 1 unspecified atom stereocenters. The second-order valence-electron chi connectivity index (χ2n) is 8.46. The molecule has 3 amide bonds. The Morgan fingerprint density at radius 3 is 2.57 bits per heavy atom. The summed E-state index contributed by atoms with van der Waals surface area (Å²) < 4.78 is 20.1. The molecule has 11 heteroatoms. The molecule has 1 aromatic carbocycles. The zero-order chi connectivity index (χ0) is 24.9. The summed E-state index contributed by atoms with van der Waals surface area (Å²) in [7, 11) is 0. The number of benzene rings is 1. The minimum absolute atomic E-state index is 0.0314. The van der Waals surface area contributed by atoms with Gasteiger partial charge in [-0.05, 0) is 43.2 Å². The van der Waals surface area contributed by atoms with Gasteiger partial charge in [0.2, 0.25) is 11.8 Å². The third kappa shape index (κ3) is 5.68. The number of piperidine rings is 1. The van der Waals surface area contributed by atoms with Gasteiger partial charge in [-0.3, -0.25) is 14.5 Å². The first kappa shape index (κ1) is 24.4. The van der Waals surface area contributed by atoms with Crippen LogP contribution in [0.3, 0.4) is 0 Å². The van der Waals surface area contributed by atoms with Crippen LogP contribution in [0.15, 0.2) is 36.5 Å². The fraction of sp³-hybridized carbons (Fsp3) is 0.417. The lowest BCUT2D eigenvalue weighted by Crippen LogP contribution is -2.45. The van der Waals surface area contributed by atoms with Gasteiger partial charge in [-0.25, -0.2) is 14.2 Å². The number of rotatable bonds is 7. The second kappa shape index (κ2) is 10.7. The quantitative estimate of drug-likeness (QED) is 0.546. The molecule has 2 fully saturated rings. The van der Waals surface area contributed by atoms with Crippen LogP contribution in [0.25, 0.3) is 11.1 Å². The first-order valence-electron chi connectivity index (χ1n) is 11.6. The molecule has 3 heterocycles. The predicted octanol–water partition coefficient (Wildman–Crippen LogP) is 1.77. The molecule has 2 saturated heterocycles. The van der Waals surface area contributed by atoms with Gasteiger partial charge in [0, 0.05) is 42.9 Å². The van der Waals surface area contributed by atoms with Crippen molar-refractivity contribution in [1.29, 1.82) is 0 Å². The van der Waals surface area contributed by atoms with Crippen molar-refractivity contribution in [2.75, 3.05) is 36.0 Å². The van der Waals surface area contributed by atoms with Gasteiger partial charge >= 0.3 is 6.09 Å². The van der Waals surface area contributed by atoms with Crippen molar-refractivity contribution < 1.29 is 28.6 Å². The maximum absolute atomic E-state index is 15.0. The zero-order valence-corrected chi connectivity index (χ0v) is 19.4. The molecule has 10 nitrogen and oxygen atoms in total. The van der Waals surface area contributed by atoms with Gasteiger partial charge in [-0.2, -0.15) is 0 Å². The van der Waals surface area contributed by atoms with Gasteiger partial charge in [0.05, 0.1) is 12.2 Å². The van der Waals surface area contributed by atoms with Crippen LogP contribution in [0, 0.1) is 5.82 Å². The van der Waals surface area contributed by atoms with E-state index in [1.54, 1.807) is 31.3 Å². The molecule has 2 aromatic rings. The number of aliphatic hydroxyl groups is 1. The van der Waals surface area contributed by atoms with E-state index in [0.29, 0.717) is 29.9 Å². The van der Waals surface area contributed by atoms with Gasteiger partial charge in [0.1, 0.15) is 18.2 Å². The topological polar surface area (TPSA) is 124 Å². The van der Waals surface area contributed by atoms with E-state index in [9.17, 15) is 18.8 Å². The normalized spacial score (nSPS) is 18.4. The average molecular weight is 486 g/mol. The Kier molecular flexibility index (Phi) is 7.45. The van der Waals surface area contributed by atoms with Gasteiger partial charge in [-0.1, -0.05) is 6.92 Å². The van der Waals surface area contributed by atoms with Crippen LogP contribution in [0.4, 0.5) is 20.7 Å². The number of aromatic nitrogens is 1. The predicted molar refractivity (Wildman–Crippen MR) is 126 cm³/mol. The molecule has 2 aliphatic heterocycles. The van der Waals surface area contributed by atoms with Crippen molar-refractivity contribution in [3.63, 3.8) is 0 Å². The molecule has 3 N–H and O–H groups in total. The fourth-order valence-corrected chi connectivity index (χ4v) is 4.20. The smallest absolute Gasteiger partial charge is 0.416 e. The van der Waals surface area contributed by atoms with Gasteiger partial charge < -0.3 is 25.4 Å². The van der Waals surface area contributed by atoms with E-state index in [4.69, 9.17) is 9.84 Å². The maximum Gasteiger partial charge on any atom is 0.416 e. The Balaban J connectivity index is 1.39. The number of aliphatic hydroxyl groups excluding tert-OH is 1. The van der Waals surface area contributed by atoms with Crippen LogP contribution in [0.2, 0.25) is 0 Å². The lowest BCUT2D eigenvalue weighted by atomic mass is 10.0. The van der Waals surface area contributed by atoms with E-state index in [1.807, 2.05) is 6.07 Å². The lowest BCUT2D eigenvalue weighted by Gasteiger charge is -2.33. The summed E-state index contributed by atoms with van der Waals surface area (Å²) in [6, 6.07) is 8.13. The molecule has 0 spiro atoms. The lowest BCUT2D eigenvalue weighted by molar-refractivity contribution is -0.125. The molecule has 0 bridgehead atoms. The molecule has 35 heavy (non-hydrogen) atoms. The summed E-state index contributed by atoms with van der Waals surface area (Å²) in [5, 5.41) is 14.3. The minimum atomic E-state index is -0.773. The summed E-state index contributed by atoms with van der Waals surface area (Å²) in [5.74, 6) is -0.354. The molecule has 186 valence electrons. The largest absolute Gasteiger partial charge is 0.423 e. The van der Waals surface area contributed by atoms with Crippen molar-refractivity contribution in [3.05, 3.63) is 42.3 Å². The molecule has 0 saturated carbocycles. The molecule has 4 rings (SSSR count). The van der Waals surface area contributed by atoms with Crippen LogP contribution < -0.4 is 20.4 Å². The Morgan fingerprint density at radius 1 is 1.17 bits per heavy atom. The van der Waals surface area contributed by atoms with Crippen LogP contribution >= 0.6 is 0 Å². The molecular formula is C24H28FN5O5. The van der Waals surface area contributed by atoms with E-state index >= 15 is 0 Å². The number of hydrogen-bond acceptors (Lipinski definition) is 7. The number of carbonyl (C=O) groups is 3. The number of cyclic esters (lactones) is 1. The number of hydrogen-bond donors (Lipinski definition) is 3. The van der Waals surface area contributed by atoms with Crippen LogP contribution in [0.1, 0.15) is 26.2 Å². The Hall–Kier alpha value is -3.73. The highest BCUT2D eigenvalue weighted by Crippen LogP contribution is 2.29. The van der Waals surface area contributed by atoms with Gasteiger partial charge in [0.25, 0.3) is 0 Å². The number of halogens is 1. The van der Waals surface area contributed by atoms with Crippen LogP contribution in [0.5, 0.6) is 0 Å². The minimum Gasteiger partial charge on any atom is -0.423 e. The molecule has 1 aromatic heterocycles. The third-order valence-electron chi connectivity index (χ3n) is 6.11. The van der Waals surface area contributed by atoms with E-state index in [0.717, 1.165) is 18.7 Å². The standard InChI is InChI=1S/C24H28FN5O5/c1-2-21(32)28-23-13-30(24(34)35-23)17-4-5-18(19(25)11-17)15-3-6-20(26-12-15)29-9-7-16(8-10-29)27-22(33)14-31/h3-6,11-12,16,23,31H,2,7-10,13-14H2,1H3,(H,27,33)(H,28,32). The van der Waals surface area contributed by atoms with E-state index in [-0.39, 0.29) is 30.8 Å². The van der Waals surface area contributed by atoms with Crippen molar-refractivity contribution in [1.82, 2.24) is 15.6 Å². The van der Waals surface area contributed by atoms with Gasteiger partial charge in [-0.15, -0.1) is 0 Å². The molecular weight excluding hydrogens is 457 g/mol. The summed E-state index contributed by atoms with van der Waals surface area (Å²) in [4.78, 5) is 42.9. The number of anilines is 2. The van der Waals surface area contributed by atoms with Crippen molar-refractivity contribution in [3.8, 4) is 11.1 Å². The number of amides is 3. The molecule has 2 aliphatic rings. The number of nitrogens with zero attached hydrogens (tertiary/aromatic N) is 3. The first-order chi connectivity index (χ1) is 16.9. The van der Waals surface area contributed by atoms with E-state index in [2.05, 4.69) is 20.5 Å². The number of pyridine rings is 1. The Labute approximate surface area is 202 Å². The van der Waals surface area contributed by atoms with Crippen molar-refractivity contribution in [2.24, 2.45) is 0 Å². The molecule has 0 radical (unpaired) electrons. The number of nitrogens with one attached hydrogen (secondary N) is 2. The summed E-state index contributed by atoms with van der Waals surface area (Å²) >= 11 is 0. The molecule has 0 aliphatic carbocycles. The summed E-state index contributed by atoms with van der Waals surface area (Å²) in [5.41, 5.74) is 1.28. The highest BCUT2D eigenvalue weighted by Gasteiger charge is 2.33. The monoisotopic (exact) mass is 485 g/mol. The zero-order valence-electron chi connectivity index (χ0n) is 19.4. The van der Waals surface area contributed by atoms with Crippen LogP contribution in [-0.2, 0) is 14.3 Å². The fourth-order valence-electron chi connectivity index (χ4n) is 4.20. The highest BCUT2D eigenvalue weighted by molar-refractivity contribution is 5.90. The highest BCUT2D eigenvalue weighted by atomic mass is 19.1. The van der Waals surface area contributed by atoms with Crippen molar-refractivity contribution >= 4 is 29.4 Å². The SMILES string of the molecule is CCC(=O)NC1CN(c2ccc(-c3ccc(N4CCC(NC(=O)CO)CC4)nc3)c(F)c2)C(=O)O1. The van der Waals surface area contributed by atoms with E-state index in [1.165, 1.54) is 11.0 Å². The first-order valence-corrected chi connectivity index (χ1v) is 11.6. The number of ether oxygens (including phenoxy) is 1. The maximum atomic E-state index is 15.0. The average Bonchev–Trinajstić information content (AvgIpc) is 3.24.